The summed E-state index contributed by atoms with van der Waals surface area (Å²) >= 11 is 3.03. The second-order valence-electron chi connectivity index (χ2n) is 4.92. The lowest BCUT2D eigenvalue weighted by Crippen LogP contribution is -2.27. The summed E-state index contributed by atoms with van der Waals surface area (Å²) in [6.07, 6.45) is 1.42. The molecule has 23 heavy (non-hydrogen) atoms. The van der Waals surface area contributed by atoms with E-state index in [1.807, 2.05) is 24.3 Å². The van der Waals surface area contributed by atoms with Gasteiger partial charge in [0.15, 0.2) is 0 Å². The van der Waals surface area contributed by atoms with E-state index in [4.69, 9.17) is 0 Å². The van der Waals surface area contributed by atoms with Gasteiger partial charge in [0, 0.05) is 9.13 Å². The normalized spacial score (nSPS) is 16.4. The lowest BCUT2D eigenvalue weighted by atomic mass is 10.2. The lowest BCUT2D eigenvalue weighted by Gasteiger charge is -2.12. The summed E-state index contributed by atoms with van der Waals surface area (Å²) in [6.45, 7) is 0.218. The highest BCUT2D eigenvalue weighted by Crippen LogP contribution is 2.33. The Morgan fingerprint density at radius 2 is 1.78 bits per heavy atom. The number of carbonyl (C=O) groups is 2. The van der Waals surface area contributed by atoms with E-state index < -0.39 is 5.82 Å². The summed E-state index contributed by atoms with van der Waals surface area (Å²) in [4.78, 5) is 25.9. The average Bonchev–Trinajstić information content (AvgIpc) is 2.79. The van der Waals surface area contributed by atoms with E-state index in [1.165, 1.54) is 17.0 Å². The van der Waals surface area contributed by atoms with Gasteiger partial charge in [0.1, 0.15) is 5.82 Å². The van der Waals surface area contributed by atoms with Crippen molar-refractivity contribution in [3.8, 4) is 0 Å². The van der Waals surface area contributed by atoms with Crippen molar-refractivity contribution in [2.24, 2.45) is 0 Å². The van der Waals surface area contributed by atoms with E-state index in [0.29, 0.717) is 5.56 Å². The van der Waals surface area contributed by atoms with Crippen LogP contribution in [-0.2, 0) is 11.3 Å². The molecule has 2 amide bonds. The van der Waals surface area contributed by atoms with Gasteiger partial charge in [-0.2, -0.15) is 0 Å². The van der Waals surface area contributed by atoms with Crippen molar-refractivity contribution in [3.63, 3.8) is 0 Å². The molecular formula is C17H11FINO2S. The van der Waals surface area contributed by atoms with Gasteiger partial charge in [-0.15, -0.1) is 0 Å². The van der Waals surface area contributed by atoms with Gasteiger partial charge in [-0.25, -0.2) is 4.39 Å². The minimum absolute atomic E-state index is 0.218. The predicted octanol–water partition coefficient (Wildman–Crippen LogP) is 4.67. The monoisotopic (exact) mass is 439 g/mol. The third kappa shape index (κ3) is 3.64. The summed E-state index contributed by atoms with van der Waals surface area (Å²) in [5, 5.41) is -0.337. The maximum absolute atomic E-state index is 13.7. The molecular weight excluding hydrogens is 428 g/mol. The second-order valence-corrected chi connectivity index (χ2v) is 7.15. The highest BCUT2D eigenvalue weighted by atomic mass is 127. The fourth-order valence-electron chi connectivity index (χ4n) is 2.14. The molecule has 0 atom stereocenters. The van der Waals surface area contributed by atoms with Crippen molar-refractivity contribution in [3.05, 3.63) is 74.0 Å². The first-order chi connectivity index (χ1) is 11.0. The molecule has 1 saturated heterocycles. The third-order valence-electron chi connectivity index (χ3n) is 3.32. The molecule has 3 rings (SSSR count). The Morgan fingerprint density at radius 1 is 1.09 bits per heavy atom. The Morgan fingerprint density at radius 3 is 2.48 bits per heavy atom. The molecule has 1 fully saturated rings. The summed E-state index contributed by atoms with van der Waals surface area (Å²) in [5.74, 6) is -0.807. The summed E-state index contributed by atoms with van der Waals surface area (Å²) in [5.41, 5.74) is 1.17. The molecule has 0 aliphatic carbocycles. The van der Waals surface area contributed by atoms with Gasteiger partial charge in [-0.1, -0.05) is 30.3 Å². The number of hydrogen-bond acceptors (Lipinski definition) is 3. The first kappa shape index (κ1) is 16.2. The smallest absolute Gasteiger partial charge is 0.268 e. The molecule has 0 unspecified atom stereocenters. The van der Waals surface area contributed by atoms with E-state index in [9.17, 15) is 14.0 Å². The van der Waals surface area contributed by atoms with Crippen LogP contribution >= 0.6 is 34.4 Å². The van der Waals surface area contributed by atoms with E-state index >= 15 is 0 Å². The molecule has 2 aromatic carbocycles. The van der Waals surface area contributed by atoms with Gasteiger partial charge < -0.3 is 0 Å². The van der Waals surface area contributed by atoms with E-state index in [2.05, 4.69) is 22.6 Å². The molecule has 3 nitrogen and oxygen atoms in total. The highest BCUT2D eigenvalue weighted by Gasteiger charge is 2.35. The number of rotatable bonds is 3. The van der Waals surface area contributed by atoms with E-state index in [0.717, 1.165) is 20.9 Å². The predicted molar refractivity (Wildman–Crippen MR) is 97.1 cm³/mol. The van der Waals surface area contributed by atoms with Gasteiger partial charge in [-0.05, 0) is 64.2 Å². The number of hydrogen-bond donors (Lipinski definition) is 0. The Balaban J connectivity index is 1.82. The van der Waals surface area contributed by atoms with Crippen molar-refractivity contribution in [2.45, 2.75) is 6.54 Å². The number of amides is 2. The number of halogens is 2. The van der Waals surface area contributed by atoms with Gasteiger partial charge in [0.05, 0.1) is 11.4 Å². The van der Waals surface area contributed by atoms with Crippen LogP contribution in [0.4, 0.5) is 9.18 Å². The fourth-order valence-corrected chi connectivity index (χ4v) is 3.33. The van der Waals surface area contributed by atoms with Gasteiger partial charge in [-0.3, -0.25) is 14.5 Å². The zero-order valence-corrected chi connectivity index (χ0v) is 14.8. The zero-order valence-electron chi connectivity index (χ0n) is 11.8. The van der Waals surface area contributed by atoms with Crippen molar-refractivity contribution in [1.29, 1.82) is 0 Å². The molecule has 1 heterocycles. The maximum Gasteiger partial charge on any atom is 0.293 e. The van der Waals surface area contributed by atoms with E-state index in [-0.39, 0.29) is 22.6 Å². The van der Waals surface area contributed by atoms with Crippen LogP contribution in [0.5, 0.6) is 0 Å². The molecule has 1 aliphatic rings. The fraction of sp³-hybridized carbons (Fsp3) is 0.0588. The van der Waals surface area contributed by atoms with Gasteiger partial charge in [0.25, 0.3) is 11.1 Å². The molecule has 0 N–H and O–H groups in total. The SMILES string of the molecule is O=C1S/C(=C\c2ccccc2F)C(=O)N1Cc1ccc(I)cc1. The lowest BCUT2D eigenvalue weighted by molar-refractivity contribution is -0.123. The average molecular weight is 439 g/mol. The molecule has 0 aromatic heterocycles. The molecule has 0 saturated carbocycles. The van der Waals surface area contributed by atoms with Crippen LogP contribution in [0, 0.1) is 9.39 Å². The minimum Gasteiger partial charge on any atom is -0.268 e. The Kier molecular flexibility index (Phi) is 4.82. The maximum atomic E-state index is 13.7. The molecule has 0 radical (unpaired) electrons. The van der Waals surface area contributed by atoms with Crippen LogP contribution in [0.15, 0.2) is 53.4 Å². The highest BCUT2D eigenvalue weighted by molar-refractivity contribution is 14.1. The number of benzene rings is 2. The summed E-state index contributed by atoms with van der Waals surface area (Å²) < 4.78 is 14.8. The summed E-state index contributed by atoms with van der Waals surface area (Å²) in [6, 6.07) is 13.8. The van der Waals surface area contributed by atoms with Crippen LogP contribution in [0.2, 0.25) is 0 Å². The molecule has 116 valence electrons. The molecule has 6 heteroatoms. The first-order valence-corrected chi connectivity index (χ1v) is 8.68. The van der Waals surface area contributed by atoms with Crippen molar-refractivity contribution in [1.82, 2.24) is 4.90 Å². The Bertz CT molecular complexity index is 804. The van der Waals surface area contributed by atoms with Crippen molar-refractivity contribution >= 4 is 51.6 Å². The van der Waals surface area contributed by atoms with Crippen LogP contribution in [0.3, 0.4) is 0 Å². The quantitative estimate of drug-likeness (QED) is 0.516. The Labute approximate surface area is 150 Å². The standard InChI is InChI=1S/C17H11FINO2S/c18-14-4-2-1-3-12(14)9-15-16(21)20(17(22)23-15)10-11-5-7-13(19)8-6-11/h1-9H,10H2/b15-9-. The van der Waals surface area contributed by atoms with Crippen molar-refractivity contribution < 1.29 is 14.0 Å². The Hall–Kier alpha value is -1.67. The molecule has 0 spiro atoms. The molecule has 2 aromatic rings. The number of carbonyl (C=O) groups excluding carboxylic acids is 2. The van der Waals surface area contributed by atoms with Gasteiger partial charge >= 0.3 is 0 Å². The van der Waals surface area contributed by atoms with Crippen LogP contribution in [-0.4, -0.2) is 16.0 Å². The minimum atomic E-state index is -0.420. The van der Waals surface area contributed by atoms with Crippen molar-refractivity contribution in [2.75, 3.05) is 0 Å². The zero-order chi connectivity index (χ0) is 16.4. The van der Waals surface area contributed by atoms with E-state index in [1.54, 1.807) is 18.2 Å². The summed E-state index contributed by atoms with van der Waals surface area (Å²) in [7, 11) is 0. The number of imide groups is 1. The number of thioether (sulfide) groups is 1. The third-order valence-corrected chi connectivity index (χ3v) is 4.95. The molecule has 1 aliphatic heterocycles. The largest absolute Gasteiger partial charge is 0.293 e. The van der Waals surface area contributed by atoms with Crippen LogP contribution < -0.4 is 0 Å². The second kappa shape index (κ2) is 6.84. The van der Waals surface area contributed by atoms with Gasteiger partial charge in [0.2, 0.25) is 0 Å². The van der Waals surface area contributed by atoms with Crippen LogP contribution in [0.1, 0.15) is 11.1 Å². The molecule has 0 bridgehead atoms. The van der Waals surface area contributed by atoms with Crippen LogP contribution in [0.25, 0.3) is 6.08 Å². The first-order valence-electron chi connectivity index (χ1n) is 6.79. The number of nitrogens with zero attached hydrogens (tertiary/aromatic N) is 1. The topological polar surface area (TPSA) is 37.4 Å².